The van der Waals surface area contributed by atoms with E-state index in [2.05, 4.69) is 15.0 Å². The van der Waals surface area contributed by atoms with Crippen LogP contribution in [0.2, 0.25) is 0 Å². The van der Waals surface area contributed by atoms with E-state index in [-0.39, 0.29) is 11.4 Å². The van der Waals surface area contributed by atoms with Gasteiger partial charge in [-0.3, -0.25) is 4.79 Å². The summed E-state index contributed by atoms with van der Waals surface area (Å²) in [7, 11) is 0. The molecule has 24 heavy (non-hydrogen) atoms. The Labute approximate surface area is 140 Å². The van der Waals surface area contributed by atoms with E-state index in [4.69, 9.17) is 0 Å². The van der Waals surface area contributed by atoms with Gasteiger partial charge in [-0.2, -0.15) is 0 Å². The van der Waals surface area contributed by atoms with E-state index in [1.54, 1.807) is 18.2 Å². The van der Waals surface area contributed by atoms with Crippen LogP contribution in [0.1, 0.15) is 5.56 Å². The zero-order valence-corrected chi connectivity index (χ0v) is 13.5. The fourth-order valence-corrected chi connectivity index (χ4v) is 3.38. The highest BCUT2D eigenvalue weighted by Gasteiger charge is 2.10. The first-order valence-corrected chi connectivity index (χ1v) is 8.21. The number of aromatic nitrogens is 3. The second-order valence-electron chi connectivity index (χ2n) is 5.42. The number of aromatic amines is 1. The summed E-state index contributed by atoms with van der Waals surface area (Å²) in [6, 6.07) is 11.8. The standard InChI is InChI=1S/C18H12FN3OS/c1-10-9-11(19)5-6-12(10)14-3-2-4-15(20-14)16-21-17(23)13-7-8-24-18(13)22-16/h2-9H,1H3,(H,21,22,23). The highest BCUT2D eigenvalue weighted by Crippen LogP contribution is 2.25. The lowest BCUT2D eigenvalue weighted by Crippen LogP contribution is -2.08. The molecule has 3 aromatic heterocycles. The minimum absolute atomic E-state index is 0.179. The quantitative estimate of drug-likeness (QED) is 0.597. The van der Waals surface area contributed by atoms with Crippen molar-refractivity contribution in [3.05, 3.63) is 69.6 Å². The van der Waals surface area contributed by atoms with Crippen molar-refractivity contribution in [3.8, 4) is 22.8 Å². The van der Waals surface area contributed by atoms with Crippen molar-refractivity contribution < 1.29 is 4.39 Å². The van der Waals surface area contributed by atoms with Gasteiger partial charge in [-0.25, -0.2) is 14.4 Å². The van der Waals surface area contributed by atoms with Crippen LogP contribution in [0.5, 0.6) is 0 Å². The second-order valence-corrected chi connectivity index (χ2v) is 6.32. The van der Waals surface area contributed by atoms with Crippen molar-refractivity contribution in [1.82, 2.24) is 15.0 Å². The zero-order valence-electron chi connectivity index (χ0n) is 12.7. The molecule has 4 nitrogen and oxygen atoms in total. The normalized spacial score (nSPS) is 11.1. The van der Waals surface area contributed by atoms with Crippen molar-refractivity contribution in [2.75, 3.05) is 0 Å². The number of hydrogen-bond acceptors (Lipinski definition) is 4. The molecule has 0 aliphatic rings. The van der Waals surface area contributed by atoms with E-state index in [1.165, 1.54) is 23.5 Å². The molecule has 0 radical (unpaired) electrons. The highest BCUT2D eigenvalue weighted by molar-refractivity contribution is 7.16. The molecule has 0 aliphatic heterocycles. The monoisotopic (exact) mass is 337 g/mol. The van der Waals surface area contributed by atoms with Crippen LogP contribution >= 0.6 is 11.3 Å². The van der Waals surface area contributed by atoms with Crippen LogP contribution in [0.3, 0.4) is 0 Å². The Morgan fingerprint density at radius 2 is 1.92 bits per heavy atom. The molecular formula is C18H12FN3OS. The summed E-state index contributed by atoms with van der Waals surface area (Å²) in [5, 5.41) is 2.41. The molecule has 0 bridgehead atoms. The average molecular weight is 337 g/mol. The first kappa shape index (κ1) is 14.7. The SMILES string of the molecule is Cc1cc(F)ccc1-c1cccc(-c2nc3sccc3c(=O)[nH]2)n1. The van der Waals surface area contributed by atoms with Gasteiger partial charge in [0.15, 0.2) is 5.82 Å². The van der Waals surface area contributed by atoms with Gasteiger partial charge >= 0.3 is 0 Å². The summed E-state index contributed by atoms with van der Waals surface area (Å²) in [6.45, 7) is 1.84. The number of nitrogens with one attached hydrogen (secondary N) is 1. The van der Waals surface area contributed by atoms with Crippen LogP contribution < -0.4 is 5.56 Å². The molecule has 0 saturated heterocycles. The highest BCUT2D eigenvalue weighted by atomic mass is 32.1. The topological polar surface area (TPSA) is 58.6 Å². The molecule has 0 aliphatic carbocycles. The predicted molar refractivity (Wildman–Crippen MR) is 93.6 cm³/mol. The number of hydrogen-bond donors (Lipinski definition) is 1. The molecule has 118 valence electrons. The minimum Gasteiger partial charge on any atom is -0.305 e. The number of pyridine rings is 1. The Morgan fingerprint density at radius 1 is 1.08 bits per heavy atom. The van der Waals surface area contributed by atoms with E-state index in [0.717, 1.165) is 11.1 Å². The molecule has 4 aromatic rings. The zero-order chi connectivity index (χ0) is 16.7. The minimum atomic E-state index is -0.276. The summed E-state index contributed by atoms with van der Waals surface area (Å²) in [6.07, 6.45) is 0. The number of nitrogens with zero attached hydrogens (tertiary/aromatic N) is 2. The van der Waals surface area contributed by atoms with Crippen LogP contribution in [-0.4, -0.2) is 15.0 Å². The van der Waals surface area contributed by atoms with Crippen molar-refractivity contribution >= 4 is 21.6 Å². The maximum Gasteiger partial charge on any atom is 0.259 e. The molecular weight excluding hydrogens is 325 g/mol. The third-order valence-electron chi connectivity index (χ3n) is 3.79. The molecule has 6 heteroatoms. The maximum atomic E-state index is 13.3. The smallest absolute Gasteiger partial charge is 0.259 e. The van der Waals surface area contributed by atoms with E-state index < -0.39 is 0 Å². The number of rotatable bonds is 2. The Morgan fingerprint density at radius 3 is 2.75 bits per heavy atom. The van der Waals surface area contributed by atoms with Gasteiger partial charge in [0, 0.05) is 5.56 Å². The first-order valence-electron chi connectivity index (χ1n) is 7.33. The van der Waals surface area contributed by atoms with Crippen molar-refractivity contribution in [3.63, 3.8) is 0 Å². The number of H-pyrrole nitrogens is 1. The first-order chi connectivity index (χ1) is 11.6. The Kier molecular flexibility index (Phi) is 3.46. The van der Waals surface area contributed by atoms with Gasteiger partial charge in [-0.15, -0.1) is 11.3 Å². The van der Waals surface area contributed by atoms with Crippen LogP contribution in [0.25, 0.3) is 33.0 Å². The van der Waals surface area contributed by atoms with E-state index in [9.17, 15) is 9.18 Å². The lowest BCUT2D eigenvalue weighted by molar-refractivity contribution is 0.627. The molecule has 1 aromatic carbocycles. The average Bonchev–Trinajstić information content (AvgIpc) is 3.04. The largest absolute Gasteiger partial charge is 0.305 e. The fraction of sp³-hybridized carbons (Fsp3) is 0.0556. The van der Waals surface area contributed by atoms with Gasteiger partial charge in [0.1, 0.15) is 16.3 Å². The number of benzene rings is 1. The van der Waals surface area contributed by atoms with Crippen LogP contribution in [0.15, 0.2) is 52.6 Å². The lowest BCUT2D eigenvalue weighted by atomic mass is 10.0. The molecule has 0 fully saturated rings. The second kappa shape index (κ2) is 5.65. The summed E-state index contributed by atoms with van der Waals surface area (Å²) < 4.78 is 13.3. The summed E-state index contributed by atoms with van der Waals surface area (Å²) >= 11 is 1.41. The Hall–Kier alpha value is -2.86. The van der Waals surface area contributed by atoms with E-state index in [1.807, 2.05) is 24.4 Å². The summed E-state index contributed by atoms with van der Waals surface area (Å²) in [4.78, 5) is 24.6. The molecule has 0 saturated carbocycles. The van der Waals surface area contributed by atoms with Crippen molar-refractivity contribution in [2.24, 2.45) is 0 Å². The van der Waals surface area contributed by atoms with Crippen molar-refractivity contribution in [2.45, 2.75) is 6.92 Å². The van der Waals surface area contributed by atoms with E-state index in [0.29, 0.717) is 27.4 Å². The number of aryl methyl sites for hydroxylation is 1. The van der Waals surface area contributed by atoms with Gasteiger partial charge < -0.3 is 4.98 Å². The molecule has 0 unspecified atom stereocenters. The van der Waals surface area contributed by atoms with Gasteiger partial charge in [0.05, 0.1) is 11.1 Å². The molecule has 0 atom stereocenters. The number of thiophene rings is 1. The lowest BCUT2D eigenvalue weighted by Gasteiger charge is -2.07. The Bertz CT molecular complexity index is 1120. The van der Waals surface area contributed by atoms with Gasteiger partial charge in [-0.05, 0) is 54.3 Å². The molecule has 4 rings (SSSR count). The van der Waals surface area contributed by atoms with Crippen LogP contribution in [0.4, 0.5) is 4.39 Å². The number of halogens is 1. The maximum absolute atomic E-state index is 13.3. The summed E-state index contributed by atoms with van der Waals surface area (Å²) in [5.41, 5.74) is 2.75. The number of fused-ring (bicyclic) bond motifs is 1. The molecule has 0 amide bonds. The Balaban J connectivity index is 1.86. The van der Waals surface area contributed by atoms with Gasteiger partial charge in [0.2, 0.25) is 0 Å². The van der Waals surface area contributed by atoms with Gasteiger partial charge in [0.25, 0.3) is 5.56 Å². The third kappa shape index (κ3) is 2.51. The molecule has 3 heterocycles. The van der Waals surface area contributed by atoms with Crippen LogP contribution in [0, 0.1) is 12.7 Å². The fourth-order valence-electron chi connectivity index (χ4n) is 2.62. The third-order valence-corrected chi connectivity index (χ3v) is 4.60. The predicted octanol–water partition coefficient (Wildman–Crippen LogP) is 4.16. The van der Waals surface area contributed by atoms with Crippen molar-refractivity contribution in [1.29, 1.82) is 0 Å². The summed E-state index contributed by atoms with van der Waals surface area (Å²) in [5.74, 6) is 0.151. The van der Waals surface area contributed by atoms with Gasteiger partial charge in [-0.1, -0.05) is 6.07 Å². The van der Waals surface area contributed by atoms with Crippen LogP contribution in [-0.2, 0) is 0 Å². The molecule has 0 spiro atoms. The molecule has 1 N–H and O–H groups in total. The van der Waals surface area contributed by atoms with E-state index >= 15 is 0 Å².